The lowest BCUT2D eigenvalue weighted by atomic mass is 10.4. The number of hydrogen-bond donors (Lipinski definition) is 1. The van der Waals surface area contributed by atoms with Gasteiger partial charge in [0.2, 0.25) is 5.88 Å². The van der Waals surface area contributed by atoms with Crippen LogP contribution < -0.4 is 10.1 Å². The number of ether oxygens (including phenoxy) is 1. The summed E-state index contributed by atoms with van der Waals surface area (Å²) in [6.07, 6.45) is 4.03. The first kappa shape index (κ1) is 12.9. The number of rotatable bonds is 7. The standard InChI is InChI=1S/C10H17N3O2S/c1-3-15-10-7-9(12-8-13-10)11-5-4-6-16(2)14/h7-8H,3-6H2,1-2H3,(H,11,12,13). The van der Waals surface area contributed by atoms with Crippen molar-refractivity contribution in [3.63, 3.8) is 0 Å². The molecule has 16 heavy (non-hydrogen) atoms. The third-order valence-corrected chi connectivity index (χ3v) is 2.71. The number of aromatic nitrogens is 2. The number of nitrogens with one attached hydrogen (secondary N) is 1. The van der Waals surface area contributed by atoms with E-state index in [2.05, 4.69) is 15.3 Å². The van der Waals surface area contributed by atoms with E-state index in [0.29, 0.717) is 18.2 Å². The topological polar surface area (TPSA) is 64.1 Å². The van der Waals surface area contributed by atoms with Crippen molar-refractivity contribution in [2.24, 2.45) is 0 Å². The molecular weight excluding hydrogens is 226 g/mol. The zero-order chi connectivity index (χ0) is 11.8. The van der Waals surface area contributed by atoms with Crippen LogP contribution in [0.4, 0.5) is 5.82 Å². The summed E-state index contributed by atoms with van der Waals surface area (Å²) < 4.78 is 16.1. The molecule has 1 heterocycles. The molecule has 1 aromatic heterocycles. The highest BCUT2D eigenvalue weighted by molar-refractivity contribution is 7.84. The van der Waals surface area contributed by atoms with Gasteiger partial charge < -0.3 is 10.1 Å². The summed E-state index contributed by atoms with van der Waals surface area (Å²) in [6, 6.07) is 1.76. The zero-order valence-electron chi connectivity index (χ0n) is 9.60. The minimum Gasteiger partial charge on any atom is -0.478 e. The zero-order valence-corrected chi connectivity index (χ0v) is 10.4. The highest BCUT2D eigenvalue weighted by atomic mass is 32.2. The Bertz CT molecular complexity index is 347. The SMILES string of the molecule is CCOc1cc(NCCCS(C)=O)ncn1. The molecule has 0 aliphatic rings. The predicted molar refractivity (Wildman–Crippen MR) is 65.2 cm³/mol. The second-order valence-corrected chi connectivity index (χ2v) is 4.79. The predicted octanol–water partition coefficient (Wildman–Crippen LogP) is 1.06. The average Bonchev–Trinajstić information content (AvgIpc) is 2.25. The minimum absolute atomic E-state index is 0.569. The van der Waals surface area contributed by atoms with Crippen molar-refractivity contribution in [2.45, 2.75) is 13.3 Å². The Labute approximate surface area is 98.1 Å². The molecule has 0 bridgehead atoms. The van der Waals surface area contributed by atoms with E-state index in [1.165, 1.54) is 6.33 Å². The molecule has 0 radical (unpaired) electrons. The molecule has 0 spiro atoms. The van der Waals surface area contributed by atoms with Gasteiger partial charge >= 0.3 is 0 Å². The maximum absolute atomic E-state index is 10.8. The summed E-state index contributed by atoms with van der Waals surface area (Å²) in [5, 5.41) is 3.13. The van der Waals surface area contributed by atoms with E-state index < -0.39 is 10.8 Å². The lowest BCUT2D eigenvalue weighted by molar-refractivity contribution is 0.326. The number of hydrogen-bond acceptors (Lipinski definition) is 5. The van der Waals surface area contributed by atoms with Gasteiger partial charge in [0.1, 0.15) is 12.1 Å². The van der Waals surface area contributed by atoms with Crippen molar-refractivity contribution in [3.05, 3.63) is 12.4 Å². The van der Waals surface area contributed by atoms with Crippen LogP contribution in [0, 0.1) is 0 Å². The highest BCUT2D eigenvalue weighted by Gasteiger charge is 1.98. The van der Waals surface area contributed by atoms with Crippen LogP contribution in [-0.2, 0) is 10.8 Å². The first-order chi connectivity index (χ1) is 7.72. The van der Waals surface area contributed by atoms with Gasteiger partial charge in [-0.3, -0.25) is 4.21 Å². The van der Waals surface area contributed by atoms with E-state index in [4.69, 9.17) is 4.74 Å². The van der Waals surface area contributed by atoms with Crippen LogP contribution in [-0.4, -0.2) is 39.3 Å². The fourth-order valence-electron chi connectivity index (χ4n) is 1.15. The Balaban J connectivity index is 2.35. The Morgan fingerprint density at radius 1 is 1.50 bits per heavy atom. The third-order valence-electron chi connectivity index (χ3n) is 1.85. The largest absolute Gasteiger partial charge is 0.478 e. The summed E-state index contributed by atoms with van der Waals surface area (Å²) >= 11 is 0. The molecule has 90 valence electrons. The van der Waals surface area contributed by atoms with Gasteiger partial charge in [-0.1, -0.05) is 0 Å². The van der Waals surface area contributed by atoms with Crippen LogP contribution in [0.3, 0.4) is 0 Å². The van der Waals surface area contributed by atoms with E-state index >= 15 is 0 Å². The minimum atomic E-state index is -0.728. The maximum Gasteiger partial charge on any atom is 0.218 e. The van der Waals surface area contributed by atoms with Gasteiger partial charge in [0.25, 0.3) is 0 Å². The normalized spacial score (nSPS) is 12.1. The van der Waals surface area contributed by atoms with Gasteiger partial charge in [0.05, 0.1) is 6.61 Å². The monoisotopic (exact) mass is 243 g/mol. The van der Waals surface area contributed by atoms with Gasteiger partial charge in [0.15, 0.2) is 0 Å². The van der Waals surface area contributed by atoms with Crippen LogP contribution in [0.25, 0.3) is 0 Å². The summed E-state index contributed by atoms with van der Waals surface area (Å²) in [5.41, 5.74) is 0. The van der Waals surface area contributed by atoms with Gasteiger partial charge in [-0.2, -0.15) is 0 Å². The number of anilines is 1. The van der Waals surface area contributed by atoms with Crippen LogP contribution in [0.2, 0.25) is 0 Å². The average molecular weight is 243 g/mol. The van der Waals surface area contributed by atoms with Crippen molar-refractivity contribution < 1.29 is 8.95 Å². The molecule has 0 amide bonds. The first-order valence-corrected chi connectivity index (χ1v) is 6.94. The second kappa shape index (κ2) is 7.16. The van der Waals surface area contributed by atoms with Crippen molar-refractivity contribution in [1.29, 1.82) is 0 Å². The molecule has 0 aromatic carbocycles. The maximum atomic E-state index is 10.8. The highest BCUT2D eigenvalue weighted by Crippen LogP contribution is 2.10. The third kappa shape index (κ3) is 5.06. The van der Waals surface area contributed by atoms with E-state index in [1.807, 2.05) is 6.92 Å². The fraction of sp³-hybridized carbons (Fsp3) is 0.600. The lowest BCUT2D eigenvalue weighted by Crippen LogP contribution is -2.07. The number of nitrogens with zero attached hydrogens (tertiary/aromatic N) is 2. The lowest BCUT2D eigenvalue weighted by Gasteiger charge is -2.06. The Morgan fingerprint density at radius 3 is 3.00 bits per heavy atom. The van der Waals surface area contributed by atoms with E-state index in [0.717, 1.165) is 18.8 Å². The molecular formula is C10H17N3O2S. The summed E-state index contributed by atoms with van der Waals surface area (Å²) in [5.74, 6) is 2.01. The van der Waals surface area contributed by atoms with Crippen molar-refractivity contribution in [3.8, 4) is 5.88 Å². The Kier molecular flexibility index (Phi) is 5.77. The van der Waals surface area contributed by atoms with Gasteiger partial charge in [-0.05, 0) is 13.3 Å². The first-order valence-electron chi connectivity index (χ1n) is 5.21. The molecule has 1 rings (SSSR count). The quantitative estimate of drug-likeness (QED) is 0.725. The van der Waals surface area contributed by atoms with Gasteiger partial charge in [-0.25, -0.2) is 9.97 Å². The van der Waals surface area contributed by atoms with E-state index in [9.17, 15) is 4.21 Å². The van der Waals surface area contributed by atoms with Crippen LogP contribution in [0.15, 0.2) is 12.4 Å². The molecule has 1 atom stereocenters. The van der Waals surface area contributed by atoms with Crippen molar-refractivity contribution in [1.82, 2.24) is 9.97 Å². The summed E-state index contributed by atoms with van der Waals surface area (Å²) in [4.78, 5) is 8.02. The molecule has 1 unspecified atom stereocenters. The Hall–Kier alpha value is -1.17. The summed E-state index contributed by atoms with van der Waals surface area (Å²) in [6.45, 7) is 3.25. The molecule has 1 N–H and O–H groups in total. The van der Waals surface area contributed by atoms with Crippen molar-refractivity contribution >= 4 is 16.6 Å². The molecule has 0 aliphatic carbocycles. The molecule has 5 nitrogen and oxygen atoms in total. The van der Waals surface area contributed by atoms with Crippen LogP contribution >= 0.6 is 0 Å². The van der Waals surface area contributed by atoms with Crippen LogP contribution in [0.1, 0.15) is 13.3 Å². The molecule has 0 saturated heterocycles. The second-order valence-electron chi connectivity index (χ2n) is 3.23. The molecule has 0 aliphatic heterocycles. The smallest absolute Gasteiger partial charge is 0.218 e. The van der Waals surface area contributed by atoms with E-state index in [1.54, 1.807) is 12.3 Å². The fourth-order valence-corrected chi connectivity index (χ4v) is 1.71. The van der Waals surface area contributed by atoms with Crippen LogP contribution in [0.5, 0.6) is 5.88 Å². The Morgan fingerprint density at radius 2 is 2.31 bits per heavy atom. The molecule has 6 heteroatoms. The molecule has 0 fully saturated rings. The van der Waals surface area contributed by atoms with Gasteiger partial charge in [0, 0.05) is 35.4 Å². The summed E-state index contributed by atoms with van der Waals surface area (Å²) in [7, 11) is -0.728. The molecule has 1 aromatic rings. The molecule has 0 saturated carbocycles. The van der Waals surface area contributed by atoms with E-state index in [-0.39, 0.29) is 0 Å². The van der Waals surface area contributed by atoms with Gasteiger partial charge in [-0.15, -0.1) is 0 Å². The van der Waals surface area contributed by atoms with Crippen molar-refractivity contribution in [2.75, 3.05) is 30.5 Å².